The minimum atomic E-state index is -0.468. The number of anilines is 2. The molecule has 0 fully saturated rings. The van der Waals surface area contributed by atoms with Crippen LogP contribution in [0.15, 0.2) is 120 Å². The number of nitrogens with one attached hydrogen (secondary N) is 3. The summed E-state index contributed by atoms with van der Waals surface area (Å²) in [6.45, 7) is 1.95. The highest BCUT2D eigenvalue weighted by Crippen LogP contribution is 2.29. The van der Waals surface area contributed by atoms with Crippen LogP contribution in [0.25, 0.3) is 6.08 Å². The van der Waals surface area contributed by atoms with Crippen molar-refractivity contribution in [1.29, 1.82) is 0 Å². The predicted octanol–water partition coefficient (Wildman–Crippen LogP) is 6.61. The number of thioether (sulfide) groups is 1. The normalized spacial score (nSPS) is 11.7. The van der Waals surface area contributed by atoms with Gasteiger partial charge in [-0.2, -0.15) is 0 Å². The Kier molecular flexibility index (Phi) is 10.3. The molecule has 0 saturated heterocycles. The van der Waals surface area contributed by atoms with Crippen LogP contribution in [0.4, 0.5) is 11.4 Å². The van der Waals surface area contributed by atoms with Crippen molar-refractivity contribution in [2.75, 3.05) is 17.7 Å². The number of rotatable bonds is 11. The molecule has 0 spiro atoms. The Bertz CT molecular complexity index is 1510. The zero-order valence-corrected chi connectivity index (χ0v) is 23.6. The molecule has 0 aromatic heterocycles. The zero-order chi connectivity index (χ0) is 29.0. The fourth-order valence-corrected chi connectivity index (χ4v) is 4.90. The molecule has 208 valence electrons. The van der Waals surface area contributed by atoms with Crippen molar-refractivity contribution in [3.63, 3.8) is 0 Å². The van der Waals surface area contributed by atoms with Gasteiger partial charge in [0.2, 0.25) is 5.91 Å². The van der Waals surface area contributed by atoms with Crippen LogP contribution >= 0.6 is 11.8 Å². The highest BCUT2D eigenvalue weighted by molar-refractivity contribution is 8.00. The van der Waals surface area contributed by atoms with Gasteiger partial charge in [0.1, 0.15) is 11.4 Å². The summed E-state index contributed by atoms with van der Waals surface area (Å²) in [7, 11) is 1.59. The number of hydrogen-bond donors (Lipinski definition) is 3. The van der Waals surface area contributed by atoms with Gasteiger partial charge in [0.15, 0.2) is 0 Å². The Balaban J connectivity index is 1.46. The van der Waals surface area contributed by atoms with E-state index in [9.17, 15) is 14.4 Å². The lowest BCUT2D eigenvalue weighted by Crippen LogP contribution is -2.30. The number of amides is 3. The Morgan fingerprint density at radius 3 is 2.15 bits per heavy atom. The van der Waals surface area contributed by atoms with Gasteiger partial charge in [-0.05, 0) is 72.7 Å². The molecule has 0 saturated carbocycles. The van der Waals surface area contributed by atoms with Gasteiger partial charge in [-0.25, -0.2) is 0 Å². The third-order valence-electron chi connectivity index (χ3n) is 6.03. The summed E-state index contributed by atoms with van der Waals surface area (Å²) in [6.07, 6.45) is 2.24. The molecule has 0 aliphatic carbocycles. The van der Waals surface area contributed by atoms with E-state index in [1.807, 2.05) is 61.5 Å². The Morgan fingerprint density at radius 2 is 1.49 bits per heavy atom. The van der Waals surface area contributed by atoms with Crippen molar-refractivity contribution >= 4 is 46.9 Å². The molecule has 0 aliphatic rings. The molecule has 3 N–H and O–H groups in total. The first-order valence-electron chi connectivity index (χ1n) is 13.1. The topological polar surface area (TPSA) is 96.5 Å². The van der Waals surface area contributed by atoms with E-state index in [0.29, 0.717) is 29.1 Å². The van der Waals surface area contributed by atoms with E-state index < -0.39 is 5.91 Å². The molecule has 3 amide bonds. The Hall–Kier alpha value is -4.82. The molecule has 1 unspecified atom stereocenters. The second-order valence-electron chi connectivity index (χ2n) is 9.00. The van der Waals surface area contributed by atoms with E-state index in [1.54, 1.807) is 67.8 Å². The van der Waals surface area contributed by atoms with Crippen molar-refractivity contribution < 1.29 is 19.1 Å². The van der Waals surface area contributed by atoms with E-state index in [4.69, 9.17) is 4.74 Å². The van der Waals surface area contributed by atoms with Gasteiger partial charge in [0.05, 0.1) is 12.4 Å². The summed E-state index contributed by atoms with van der Waals surface area (Å²) in [5.74, 6) is -0.260. The van der Waals surface area contributed by atoms with Gasteiger partial charge in [0.25, 0.3) is 11.8 Å². The Labute approximate surface area is 244 Å². The first kappa shape index (κ1) is 29.2. The third kappa shape index (κ3) is 8.58. The fraction of sp³-hybridized carbons (Fsp3) is 0.121. The largest absolute Gasteiger partial charge is 0.497 e. The molecule has 8 heteroatoms. The molecular formula is C33H31N3O4S. The summed E-state index contributed by atoms with van der Waals surface area (Å²) < 4.78 is 5.17. The molecule has 4 aromatic carbocycles. The first-order chi connectivity index (χ1) is 19.9. The number of hydrogen-bond acceptors (Lipinski definition) is 5. The van der Waals surface area contributed by atoms with E-state index in [1.165, 1.54) is 11.8 Å². The minimum absolute atomic E-state index is 0.105. The van der Waals surface area contributed by atoms with Crippen LogP contribution in [0.1, 0.15) is 29.3 Å². The lowest BCUT2D eigenvalue weighted by Gasteiger charge is -2.16. The van der Waals surface area contributed by atoms with Crippen LogP contribution < -0.4 is 20.7 Å². The standard InChI is InChI=1S/C33H31N3O4S/c1-3-30(33(39)34-25-17-19-27(40-2)20-18-25)41-28-16-10-15-26(22-28)35-32(38)29(21-23-11-6-4-7-12-23)36-31(37)24-13-8-5-9-14-24/h4-22,30H,3H2,1-2H3,(H,34,39)(H,35,38)(H,36,37)/b29-21-. The lowest BCUT2D eigenvalue weighted by molar-refractivity contribution is -0.116. The highest BCUT2D eigenvalue weighted by atomic mass is 32.2. The lowest BCUT2D eigenvalue weighted by atomic mass is 10.1. The average molecular weight is 566 g/mol. The maximum atomic E-state index is 13.4. The molecule has 1 atom stereocenters. The molecule has 4 aromatic rings. The third-order valence-corrected chi connectivity index (χ3v) is 7.39. The summed E-state index contributed by atoms with van der Waals surface area (Å²) in [4.78, 5) is 40.0. The molecule has 0 heterocycles. The summed E-state index contributed by atoms with van der Waals surface area (Å²) in [5.41, 5.74) is 2.54. The van der Waals surface area contributed by atoms with Crippen molar-refractivity contribution in [2.24, 2.45) is 0 Å². The molecule has 41 heavy (non-hydrogen) atoms. The van der Waals surface area contributed by atoms with Gasteiger partial charge >= 0.3 is 0 Å². The molecule has 0 bridgehead atoms. The van der Waals surface area contributed by atoms with E-state index in [0.717, 1.165) is 10.5 Å². The zero-order valence-electron chi connectivity index (χ0n) is 22.8. The molecule has 0 aliphatic heterocycles. The second-order valence-corrected chi connectivity index (χ2v) is 10.3. The summed E-state index contributed by atoms with van der Waals surface area (Å²) in [5, 5.41) is 8.23. The van der Waals surface area contributed by atoms with Gasteiger partial charge in [0, 0.05) is 21.8 Å². The summed E-state index contributed by atoms with van der Waals surface area (Å²) in [6, 6.07) is 32.4. The average Bonchev–Trinajstić information content (AvgIpc) is 3.01. The highest BCUT2D eigenvalue weighted by Gasteiger charge is 2.19. The predicted molar refractivity (Wildman–Crippen MR) is 165 cm³/mol. The van der Waals surface area contributed by atoms with E-state index >= 15 is 0 Å². The maximum Gasteiger partial charge on any atom is 0.272 e. The maximum absolute atomic E-state index is 13.4. The van der Waals surface area contributed by atoms with Crippen LogP contribution in [0, 0.1) is 0 Å². The number of carbonyl (C=O) groups is 3. The Morgan fingerprint density at radius 1 is 0.805 bits per heavy atom. The fourth-order valence-electron chi connectivity index (χ4n) is 3.89. The summed E-state index contributed by atoms with van der Waals surface area (Å²) >= 11 is 1.41. The number of benzene rings is 4. The van der Waals surface area contributed by atoms with Gasteiger partial charge < -0.3 is 20.7 Å². The molecular weight excluding hydrogens is 534 g/mol. The van der Waals surface area contributed by atoms with Crippen LogP contribution in [-0.2, 0) is 9.59 Å². The second kappa shape index (κ2) is 14.5. The SMILES string of the molecule is CCC(Sc1cccc(NC(=O)/C(=C/c2ccccc2)NC(=O)c2ccccc2)c1)C(=O)Nc1ccc(OC)cc1. The van der Waals surface area contributed by atoms with Crippen molar-refractivity contribution in [2.45, 2.75) is 23.5 Å². The van der Waals surface area contributed by atoms with Gasteiger partial charge in [-0.15, -0.1) is 11.8 Å². The van der Waals surface area contributed by atoms with Gasteiger partial charge in [-0.3, -0.25) is 14.4 Å². The molecule has 7 nitrogen and oxygen atoms in total. The van der Waals surface area contributed by atoms with Crippen molar-refractivity contribution in [3.05, 3.63) is 126 Å². The molecule has 0 radical (unpaired) electrons. The van der Waals surface area contributed by atoms with Crippen LogP contribution in [0.3, 0.4) is 0 Å². The number of carbonyl (C=O) groups excluding carboxylic acids is 3. The van der Waals surface area contributed by atoms with Crippen molar-refractivity contribution in [3.8, 4) is 5.75 Å². The quantitative estimate of drug-likeness (QED) is 0.140. The monoisotopic (exact) mass is 565 g/mol. The minimum Gasteiger partial charge on any atom is -0.497 e. The van der Waals surface area contributed by atoms with Crippen LogP contribution in [0.2, 0.25) is 0 Å². The van der Waals surface area contributed by atoms with Crippen LogP contribution in [0.5, 0.6) is 5.75 Å². The van der Waals surface area contributed by atoms with Gasteiger partial charge in [-0.1, -0.05) is 61.5 Å². The first-order valence-corrected chi connectivity index (χ1v) is 14.0. The van der Waals surface area contributed by atoms with E-state index in [2.05, 4.69) is 16.0 Å². The number of methoxy groups -OCH3 is 1. The number of ether oxygens (including phenoxy) is 1. The van der Waals surface area contributed by atoms with Crippen molar-refractivity contribution in [1.82, 2.24) is 5.32 Å². The van der Waals surface area contributed by atoms with Crippen LogP contribution in [-0.4, -0.2) is 30.1 Å². The smallest absolute Gasteiger partial charge is 0.272 e. The molecule has 4 rings (SSSR count). The van der Waals surface area contributed by atoms with E-state index in [-0.39, 0.29) is 22.8 Å².